The molecule has 0 aliphatic heterocycles. The van der Waals surface area contributed by atoms with Crippen LogP contribution in [-0.2, 0) is 24.3 Å². The summed E-state index contributed by atoms with van der Waals surface area (Å²) in [4.78, 5) is 17.9. The standard InChI is InChI=1S/C15H20N4OS/c1-11-17-14(10-21-11)9-19(2)8-13-5-3-12(4-6-13)7-15(20)18-16/h3-6,10H,7-9,16H2,1-2H3,(H,18,20). The van der Waals surface area contributed by atoms with Gasteiger partial charge in [0.1, 0.15) is 0 Å². The molecule has 0 saturated heterocycles. The van der Waals surface area contributed by atoms with Gasteiger partial charge in [-0.1, -0.05) is 24.3 Å². The van der Waals surface area contributed by atoms with Gasteiger partial charge in [0.15, 0.2) is 0 Å². The van der Waals surface area contributed by atoms with Gasteiger partial charge in [0.25, 0.3) is 0 Å². The number of benzene rings is 1. The molecular formula is C15H20N4OS. The molecule has 112 valence electrons. The number of carbonyl (C=O) groups is 1. The molecule has 6 heteroatoms. The summed E-state index contributed by atoms with van der Waals surface area (Å²) in [5.41, 5.74) is 5.41. The van der Waals surface area contributed by atoms with Crippen LogP contribution in [0.3, 0.4) is 0 Å². The minimum absolute atomic E-state index is 0.182. The summed E-state index contributed by atoms with van der Waals surface area (Å²) in [7, 11) is 2.07. The number of aromatic nitrogens is 1. The molecule has 1 aromatic heterocycles. The van der Waals surface area contributed by atoms with E-state index in [4.69, 9.17) is 5.84 Å². The SMILES string of the molecule is Cc1nc(CN(C)Cc2ccc(CC(=O)NN)cc2)cs1. The first-order valence-electron chi connectivity index (χ1n) is 6.73. The summed E-state index contributed by atoms with van der Waals surface area (Å²) in [6.45, 7) is 3.70. The second-order valence-corrected chi connectivity index (χ2v) is 6.15. The van der Waals surface area contributed by atoms with Crippen molar-refractivity contribution in [1.29, 1.82) is 0 Å². The van der Waals surface area contributed by atoms with Gasteiger partial charge in [0.2, 0.25) is 5.91 Å². The quantitative estimate of drug-likeness (QED) is 0.483. The van der Waals surface area contributed by atoms with Crippen molar-refractivity contribution in [2.24, 2.45) is 5.84 Å². The predicted octanol–water partition coefficient (Wildman–Crippen LogP) is 1.62. The van der Waals surface area contributed by atoms with E-state index in [1.54, 1.807) is 11.3 Å². The van der Waals surface area contributed by atoms with Crippen LogP contribution in [0.5, 0.6) is 0 Å². The number of carbonyl (C=O) groups excluding carboxylic acids is 1. The Morgan fingerprint density at radius 3 is 2.52 bits per heavy atom. The number of nitrogens with zero attached hydrogens (tertiary/aromatic N) is 2. The summed E-state index contributed by atoms with van der Waals surface area (Å²) in [6.07, 6.45) is 0.310. The van der Waals surface area contributed by atoms with E-state index in [0.29, 0.717) is 6.42 Å². The molecule has 0 atom stereocenters. The average molecular weight is 304 g/mol. The summed E-state index contributed by atoms with van der Waals surface area (Å²) in [6, 6.07) is 8.01. The van der Waals surface area contributed by atoms with E-state index in [0.717, 1.165) is 29.4 Å². The molecule has 5 nitrogen and oxygen atoms in total. The summed E-state index contributed by atoms with van der Waals surface area (Å²) in [5.74, 6) is 4.90. The van der Waals surface area contributed by atoms with E-state index >= 15 is 0 Å². The second-order valence-electron chi connectivity index (χ2n) is 5.09. The second kappa shape index (κ2) is 7.31. The highest BCUT2D eigenvalue weighted by atomic mass is 32.1. The Balaban J connectivity index is 1.89. The molecule has 0 spiro atoms. The zero-order chi connectivity index (χ0) is 15.2. The molecule has 0 bridgehead atoms. The monoisotopic (exact) mass is 304 g/mol. The van der Waals surface area contributed by atoms with E-state index in [1.165, 1.54) is 5.56 Å². The molecule has 21 heavy (non-hydrogen) atoms. The highest BCUT2D eigenvalue weighted by Gasteiger charge is 2.06. The Labute approximate surface area is 128 Å². The minimum Gasteiger partial charge on any atom is -0.296 e. The molecule has 2 aromatic rings. The summed E-state index contributed by atoms with van der Waals surface area (Å²) in [5, 5.41) is 3.20. The fourth-order valence-electron chi connectivity index (χ4n) is 2.12. The van der Waals surface area contributed by atoms with E-state index < -0.39 is 0 Å². The van der Waals surface area contributed by atoms with Gasteiger partial charge in [0.05, 0.1) is 17.1 Å². The van der Waals surface area contributed by atoms with Gasteiger partial charge in [-0.15, -0.1) is 11.3 Å². The first-order valence-corrected chi connectivity index (χ1v) is 7.61. The molecule has 0 radical (unpaired) electrons. The highest BCUT2D eigenvalue weighted by molar-refractivity contribution is 7.09. The van der Waals surface area contributed by atoms with Gasteiger partial charge in [-0.25, -0.2) is 10.8 Å². The van der Waals surface area contributed by atoms with Crippen molar-refractivity contribution in [3.05, 3.63) is 51.5 Å². The van der Waals surface area contributed by atoms with Gasteiger partial charge >= 0.3 is 0 Å². The topological polar surface area (TPSA) is 71.2 Å². The largest absolute Gasteiger partial charge is 0.296 e. The maximum Gasteiger partial charge on any atom is 0.238 e. The third-order valence-corrected chi connectivity index (χ3v) is 3.92. The molecule has 1 aromatic carbocycles. The van der Waals surface area contributed by atoms with Crippen LogP contribution in [0.15, 0.2) is 29.6 Å². The van der Waals surface area contributed by atoms with E-state index in [9.17, 15) is 4.79 Å². The Morgan fingerprint density at radius 1 is 1.29 bits per heavy atom. The van der Waals surface area contributed by atoms with Crippen molar-refractivity contribution in [2.75, 3.05) is 7.05 Å². The van der Waals surface area contributed by atoms with Gasteiger partial charge in [-0.05, 0) is 25.1 Å². The molecule has 3 N–H and O–H groups in total. The lowest BCUT2D eigenvalue weighted by Gasteiger charge is -2.15. The van der Waals surface area contributed by atoms with Gasteiger partial charge in [-0.2, -0.15) is 0 Å². The number of nitrogens with two attached hydrogens (primary N) is 1. The van der Waals surface area contributed by atoms with Gasteiger partial charge < -0.3 is 0 Å². The molecule has 1 heterocycles. The Kier molecular flexibility index (Phi) is 5.44. The van der Waals surface area contributed by atoms with Crippen molar-refractivity contribution in [2.45, 2.75) is 26.4 Å². The van der Waals surface area contributed by atoms with Crippen molar-refractivity contribution in [1.82, 2.24) is 15.3 Å². The zero-order valence-corrected chi connectivity index (χ0v) is 13.1. The van der Waals surface area contributed by atoms with Crippen molar-refractivity contribution < 1.29 is 4.79 Å². The normalized spacial score (nSPS) is 10.9. The fraction of sp³-hybridized carbons (Fsp3) is 0.333. The number of hydrogen-bond donors (Lipinski definition) is 2. The molecule has 0 unspecified atom stereocenters. The maximum atomic E-state index is 11.2. The van der Waals surface area contributed by atoms with Crippen LogP contribution in [0, 0.1) is 6.92 Å². The van der Waals surface area contributed by atoms with Crippen LogP contribution < -0.4 is 11.3 Å². The lowest BCUT2D eigenvalue weighted by molar-refractivity contribution is -0.120. The lowest BCUT2D eigenvalue weighted by atomic mass is 10.1. The number of hydrogen-bond acceptors (Lipinski definition) is 5. The number of hydrazine groups is 1. The highest BCUT2D eigenvalue weighted by Crippen LogP contribution is 2.12. The van der Waals surface area contributed by atoms with Crippen molar-refractivity contribution in [3.8, 4) is 0 Å². The predicted molar refractivity (Wildman–Crippen MR) is 84.5 cm³/mol. The zero-order valence-electron chi connectivity index (χ0n) is 12.3. The Bertz CT molecular complexity index is 594. The minimum atomic E-state index is -0.182. The Hall–Kier alpha value is -1.76. The van der Waals surface area contributed by atoms with E-state index in [-0.39, 0.29) is 5.91 Å². The first-order chi connectivity index (χ1) is 10.1. The third-order valence-electron chi connectivity index (χ3n) is 3.10. The summed E-state index contributed by atoms with van der Waals surface area (Å²) >= 11 is 1.68. The number of amides is 1. The Morgan fingerprint density at radius 2 is 1.95 bits per heavy atom. The third kappa shape index (κ3) is 4.93. The van der Waals surface area contributed by atoms with Crippen LogP contribution >= 0.6 is 11.3 Å². The molecule has 0 fully saturated rings. The average Bonchev–Trinajstić information content (AvgIpc) is 2.86. The van der Waals surface area contributed by atoms with Crippen LogP contribution in [0.25, 0.3) is 0 Å². The number of thiazole rings is 1. The van der Waals surface area contributed by atoms with Crippen molar-refractivity contribution >= 4 is 17.2 Å². The number of aryl methyl sites for hydroxylation is 1. The molecule has 0 aliphatic carbocycles. The van der Waals surface area contributed by atoms with Gasteiger partial charge in [0, 0.05) is 18.5 Å². The van der Waals surface area contributed by atoms with Crippen LogP contribution in [0.1, 0.15) is 21.8 Å². The molecule has 2 rings (SSSR count). The van der Waals surface area contributed by atoms with Crippen LogP contribution in [-0.4, -0.2) is 22.8 Å². The molecule has 0 saturated carbocycles. The van der Waals surface area contributed by atoms with Gasteiger partial charge in [-0.3, -0.25) is 15.1 Å². The molecule has 0 aliphatic rings. The summed E-state index contributed by atoms with van der Waals surface area (Å²) < 4.78 is 0. The maximum absolute atomic E-state index is 11.2. The van der Waals surface area contributed by atoms with Crippen molar-refractivity contribution in [3.63, 3.8) is 0 Å². The number of rotatable bonds is 6. The first kappa shape index (κ1) is 15.6. The van der Waals surface area contributed by atoms with E-state index in [1.807, 2.05) is 31.2 Å². The van der Waals surface area contributed by atoms with Crippen LogP contribution in [0.2, 0.25) is 0 Å². The molecular weight excluding hydrogens is 284 g/mol. The smallest absolute Gasteiger partial charge is 0.238 e. The lowest BCUT2D eigenvalue weighted by Crippen LogP contribution is -2.31. The fourth-order valence-corrected chi connectivity index (χ4v) is 2.73. The number of nitrogens with one attached hydrogen (secondary N) is 1. The van der Waals surface area contributed by atoms with Crippen LogP contribution in [0.4, 0.5) is 0 Å². The molecule has 1 amide bonds. The van der Waals surface area contributed by atoms with E-state index in [2.05, 4.69) is 27.7 Å².